The van der Waals surface area contributed by atoms with Crippen molar-refractivity contribution in [2.24, 2.45) is 0 Å². The molecule has 0 saturated heterocycles. The van der Waals surface area contributed by atoms with Gasteiger partial charge in [0.1, 0.15) is 11.6 Å². The van der Waals surface area contributed by atoms with Crippen LogP contribution in [0.2, 0.25) is 0 Å². The van der Waals surface area contributed by atoms with Crippen molar-refractivity contribution in [2.75, 3.05) is 4.90 Å². The van der Waals surface area contributed by atoms with Gasteiger partial charge in [-0.3, -0.25) is 9.59 Å². The van der Waals surface area contributed by atoms with Gasteiger partial charge in [-0.2, -0.15) is 0 Å². The number of allylic oxidation sites excluding steroid dienone is 1. The molecule has 4 rings (SSSR count). The molecule has 0 aliphatic carbocycles. The van der Waals surface area contributed by atoms with Crippen molar-refractivity contribution >= 4 is 23.5 Å². The van der Waals surface area contributed by atoms with E-state index in [1.54, 1.807) is 48.5 Å². The normalized spacial score (nSPS) is 18.4. The van der Waals surface area contributed by atoms with Crippen molar-refractivity contribution in [3.8, 4) is 0 Å². The number of nitrogens with zero attached hydrogens (tertiary/aromatic N) is 1. The van der Waals surface area contributed by atoms with E-state index in [0.29, 0.717) is 22.6 Å². The van der Waals surface area contributed by atoms with E-state index in [0.717, 1.165) is 0 Å². The maximum atomic E-state index is 13.5. The topological polar surface area (TPSA) is 70.7 Å². The SMILES string of the molecule is O=C(C=Cc1ccco1)CC1(O)C(=O)N(Cc2cccc(F)c2)c2ccccc21. The van der Waals surface area contributed by atoms with Crippen LogP contribution in [0.1, 0.15) is 23.3 Å². The number of para-hydroxylation sites is 1. The number of hydrogen-bond donors (Lipinski definition) is 1. The first-order chi connectivity index (χ1) is 14.0. The minimum atomic E-state index is -1.98. The highest BCUT2D eigenvalue weighted by Gasteiger charge is 2.50. The molecule has 1 aliphatic heterocycles. The van der Waals surface area contributed by atoms with E-state index >= 15 is 0 Å². The zero-order valence-electron chi connectivity index (χ0n) is 15.4. The van der Waals surface area contributed by atoms with Crippen LogP contribution in [0.25, 0.3) is 6.08 Å². The summed E-state index contributed by atoms with van der Waals surface area (Å²) in [7, 11) is 0. The third-order valence-electron chi connectivity index (χ3n) is 4.88. The molecule has 0 radical (unpaired) electrons. The van der Waals surface area contributed by atoms with Gasteiger partial charge in [0.15, 0.2) is 11.4 Å². The molecule has 1 N–H and O–H groups in total. The molecule has 1 unspecified atom stereocenters. The Hall–Kier alpha value is -3.51. The number of benzene rings is 2. The van der Waals surface area contributed by atoms with Gasteiger partial charge in [0.25, 0.3) is 5.91 Å². The summed E-state index contributed by atoms with van der Waals surface area (Å²) in [5.74, 6) is -0.936. The molecule has 2 aromatic carbocycles. The van der Waals surface area contributed by atoms with E-state index in [9.17, 15) is 19.1 Å². The lowest BCUT2D eigenvalue weighted by Crippen LogP contribution is -2.41. The van der Waals surface area contributed by atoms with Crippen LogP contribution in [0.3, 0.4) is 0 Å². The third kappa shape index (κ3) is 3.62. The van der Waals surface area contributed by atoms with E-state index in [1.165, 1.54) is 35.4 Å². The van der Waals surface area contributed by atoms with Crippen LogP contribution in [0, 0.1) is 5.82 Å². The molecular formula is C23H18FNO4. The Kier molecular flexibility index (Phi) is 4.86. The molecule has 29 heavy (non-hydrogen) atoms. The van der Waals surface area contributed by atoms with E-state index < -0.39 is 29.5 Å². The van der Waals surface area contributed by atoms with Gasteiger partial charge in [-0.25, -0.2) is 4.39 Å². The van der Waals surface area contributed by atoms with Gasteiger partial charge in [-0.15, -0.1) is 0 Å². The van der Waals surface area contributed by atoms with Crippen LogP contribution in [0.15, 0.2) is 77.4 Å². The fourth-order valence-corrected chi connectivity index (χ4v) is 3.52. The van der Waals surface area contributed by atoms with Crippen LogP contribution in [0.4, 0.5) is 10.1 Å². The van der Waals surface area contributed by atoms with Crippen molar-refractivity contribution < 1.29 is 23.5 Å². The number of anilines is 1. The quantitative estimate of drug-likeness (QED) is 0.649. The first kappa shape index (κ1) is 18.8. The molecule has 0 spiro atoms. The summed E-state index contributed by atoms with van der Waals surface area (Å²) < 4.78 is 18.7. The summed E-state index contributed by atoms with van der Waals surface area (Å²) in [4.78, 5) is 27.0. The number of amides is 1. The fourth-order valence-electron chi connectivity index (χ4n) is 3.52. The predicted molar refractivity (Wildman–Crippen MR) is 105 cm³/mol. The standard InChI is InChI=1S/C23H18FNO4/c24-17-6-3-5-16(13-17)15-25-21-9-2-1-8-20(21)23(28,22(25)27)14-18(26)10-11-19-7-4-12-29-19/h1-13,28H,14-15H2. The predicted octanol–water partition coefficient (Wildman–Crippen LogP) is 3.83. The average Bonchev–Trinajstić information content (AvgIpc) is 3.29. The average molecular weight is 391 g/mol. The number of furan rings is 1. The van der Waals surface area contributed by atoms with Crippen molar-refractivity contribution in [1.82, 2.24) is 0 Å². The lowest BCUT2D eigenvalue weighted by atomic mass is 9.90. The summed E-state index contributed by atoms with van der Waals surface area (Å²) >= 11 is 0. The van der Waals surface area contributed by atoms with Crippen molar-refractivity contribution in [3.63, 3.8) is 0 Å². The first-order valence-electron chi connectivity index (χ1n) is 9.10. The van der Waals surface area contributed by atoms with Crippen LogP contribution < -0.4 is 4.90 Å². The monoisotopic (exact) mass is 391 g/mol. The second-order valence-corrected chi connectivity index (χ2v) is 6.89. The highest BCUT2D eigenvalue weighted by molar-refractivity contribution is 6.10. The van der Waals surface area contributed by atoms with E-state index in [-0.39, 0.29) is 6.54 Å². The molecule has 1 amide bonds. The molecule has 1 aromatic heterocycles. The van der Waals surface area contributed by atoms with Crippen molar-refractivity contribution in [1.29, 1.82) is 0 Å². The zero-order chi connectivity index (χ0) is 20.4. The molecule has 2 heterocycles. The summed E-state index contributed by atoms with van der Waals surface area (Å²) in [5.41, 5.74) is -0.524. The highest BCUT2D eigenvalue weighted by Crippen LogP contribution is 2.43. The number of carbonyl (C=O) groups excluding carboxylic acids is 2. The highest BCUT2D eigenvalue weighted by atomic mass is 19.1. The number of rotatable bonds is 6. The molecule has 3 aromatic rings. The van der Waals surface area contributed by atoms with Crippen LogP contribution in [-0.2, 0) is 21.7 Å². The Balaban J connectivity index is 1.61. The maximum Gasteiger partial charge on any atom is 0.264 e. The smallest absolute Gasteiger partial charge is 0.264 e. The van der Waals surface area contributed by atoms with Crippen LogP contribution in [0.5, 0.6) is 0 Å². The van der Waals surface area contributed by atoms with Gasteiger partial charge in [-0.1, -0.05) is 30.3 Å². The van der Waals surface area contributed by atoms with E-state index in [4.69, 9.17) is 4.42 Å². The lowest BCUT2D eigenvalue weighted by Gasteiger charge is -2.22. The summed E-state index contributed by atoms with van der Waals surface area (Å²) in [5, 5.41) is 11.2. The third-order valence-corrected chi connectivity index (χ3v) is 4.88. The molecule has 5 nitrogen and oxygen atoms in total. The van der Waals surface area contributed by atoms with Gasteiger partial charge in [-0.05, 0) is 48.0 Å². The van der Waals surface area contributed by atoms with Crippen molar-refractivity contribution in [2.45, 2.75) is 18.6 Å². The van der Waals surface area contributed by atoms with Crippen LogP contribution in [-0.4, -0.2) is 16.8 Å². The Bertz CT molecular complexity index is 1090. The summed E-state index contributed by atoms with van der Waals surface area (Å²) in [6.45, 7) is 0.0896. The van der Waals surface area contributed by atoms with Gasteiger partial charge >= 0.3 is 0 Å². The van der Waals surface area contributed by atoms with Crippen LogP contribution >= 0.6 is 0 Å². The minimum absolute atomic E-state index is 0.0896. The Labute approximate surface area is 166 Å². The molecule has 0 fully saturated rings. The molecule has 146 valence electrons. The molecule has 1 atom stereocenters. The first-order valence-corrected chi connectivity index (χ1v) is 9.10. The molecule has 0 bridgehead atoms. The summed E-state index contributed by atoms with van der Waals surface area (Å²) in [6, 6.07) is 16.1. The molecular weight excluding hydrogens is 373 g/mol. The summed E-state index contributed by atoms with van der Waals surface area (Å²) in [6.07, 6.45) is 3.85. The van der Waals surface area contributed by atoms with Gasteiger partial charge in [0.2, 0.25) is 0 Å². The molecule has 0 saturated carbocycles. The lowest BCUT2D eigenvalue weighted by molar-refractivity contribution is -0.140. The fraction of sp³-hybridized carbons (Fsp3) is 0.130. The minimum Gasteiger partial charge on any atom is -0.465 e. The Morgan fingerprint density at radius 1 is 1.14 bits per heavy atom. The number of ketones is 1. The largest absolute Gasteiger partial charge is 0.465 e. The van der Waals surface area contributed by atoms with Crippen molar-refractivity contribution in [3.05, 3.63) is 95.7 Å². The number of fused-ring (bicyclic) bond motifs is 1. The van der Waals surface area contributed by atoms with Gasteiger partial charge < -0.3 is 14.4 Å². The number of halogens is 1. The second-order valence-electron chi connectivity index (χ2n) is 6.89. The molecule has 1 aliphatic rings. The number of hydrogen-bond acceptors (Lipinski definition) is 4. The number of carbonyl (C=O) groups is 2. The van der Waals surface area contributed by atoms with E-state index in [2.05, 4.69) is 0 Å². The van der Waals surface area contributed by atoms with Gasteiger partial charge in [0, 0.05) is 5.56 Å². The second kappa shape index (κ2) is 7.48. The Morgan fingerprint density at radius 2 is 1.97 bits per heavy atom. The maximum absolute atomic E-state index is 13.5. The van der Waals surface area contributed by atoms with E-state index in [1.807, 2.05) is 0 Å². The zero-order valence-corrected chi connectivity index (χ0v) is 15.4. The Morgan fingerprint density at radius 3 is 2.72 bits per heavy atom. The van der Waals surface area contributed by atoms with Gasteiger partial charge in [0.05, 0.1) is 24.9 Å². The molecule has 6 heteroatoms. The number of aliphatic hydroxyl groups is 1.